The lowest BCUT2D eigenvalue weighted by atomic mass is 10.0. The number of ether oxygens (including phenoxy) is 2. The number of rotatable bonds is 22. The summed E-state index contributed by atoms with van der Waals surface area (Å²) >= 11 is 0. The number of aliphatic hydroxyl groups excluding tert-OH is 1. The highest BCUT2D eigenvalue weighted by atomic mass is 16.5. The largest absolute Gasteiger partial charge is 0.392 e. The third-order valence-electron chi connectivity index (χ3n) is 5.96. The predicted octanol–water partition coefficient (Wildman–Crippen LogP) is 0.0413. The summed E-state index contributed by atoms with van der Waals surface area (Å²) in [5.74, 6) is -2.52. The minimum Gasteiger partial charge on any atom is -0.392 e. The van der Waals surface area contributed by atoms with Crippen LogP contribution in [0.3, 0.4) is 0 Å². The first-order chi connectivity index (χ1) is 21.1. The summed E-state index contributed by atoms with van der Waals surface area (Å²) in [6, 6.07) is 3.92. The number of carbonyl (C=O) groups is 5. The highest BCUT2D eigenvalue weighted by molar-refractivity contribution is 5.98. The van der Waals surface area contributed by atoms with E-state index < -0.39 is 55.0 Å². The first-order valence-electron chi connectivity index (χ1n) is 14.1. The van der Waals surface area contributed by atoms with Crippen LogP contribution in [0.1, 0.15) is 38.7 Å². The van der Waals surface area contributed by atoms with Gasteiger partial charge in [-0.1, -0.05) is 31.1 Å². The lowest BCUT2D eigenvalue weighted by Crippen LogP contribution is -2.55. The van der Waals surface area contributed by atoms with E-state index in [1.807, 2.05) is 0 Å². The number of carbonyl (C=O) groups excluding carboxylic acids is 5. The molecule has 44 heavy (non-hydrogen) atoms. The van der Waals surface area contributed by atoms with E-state index in [1.54, 1.807) is 38.1 Å². The van der Waals surface area contributed by atoms with E-state index in [9.17, 15) is 29.1 Å². The summed E-state index contributed by atoms with van der Waals surface area (Å²) in [5.41, 5.74) is 14.4. The fourth-order valence-electron chi connectivity index (χ4n) is 3.69. The zero-order valence-electron chi connectivity index (χ0n) is 25.0. The molecule has 0 aliphatic heterocycles. The Labute approximate surface area is 255 Å². The Morgan fingerprint density at radius 2 is 1.64 bits per heavy atom. The molecule has 0 heterocycles. The van der Waals surface area contributed by atoms with E-state index in [-0.39, 0.29) is 45.2 Å². The number of amides is 6. The number of primary amides is 1. The summed E-state index contributed by atoms with van der Waals surface area (Å²) in [7, 11) is 0. The van der Waals surface area contributed by atoms with Crippen LogP contribution in [0.25, 0.3) is 10.4 Å². The highest BCUT2D eigenvalue weighted by Gasteiger charge is 2.29. The molecular weight excluding hydrogens is 578 g/mol. The van der Waals surface area contributed by atoms with Crippen molar-refractivity contribution in [2.75, 3.05) is 51.4 Å². The van der Waals surface area contributed by atoms with E-state index in [0.717, 1.165) is 0 Å². The van der Waals surface area contributed by atoms with Crippen LogP contribution in [0.5, 0.6) is 0 Å². The van der Waals surface area contributed by atoms with E-state index in [0.29, 0.717) is 30.6 Å². The van der Waals surface area contributed by atoms with Crippen LogP contribution in [-0.2, 0) is 35.3 Å². The fraction of sp³-hybridized carbons (Fsp3) is 0.593. The Hall–Kier alpha value is -4.44. The Balaban J connectivity index is 2.66. The van der Waals surface area contributed by atoms with Gasteiger partial charge in [-0.25, -0.2) is 4.79 Å². The summed E-state index contributed by atoms with van der Waals surface area (Å²) in [6.07, 6.45) is 1.22. The highest BCUT2D eigenvalue weighted by Crippen LogP contribution is 2.12. The summed E-state index contributed by atoms with van der Waals surface area (Å²) in [4.78, 5) is 64.2. The van der Waals surface area contributed by atoms with Gasteiger partial charge in [-0.05, 0) is 48.4 Å². The van der Waals surface area contributed by atoms with Crippen molar-refractivity contribution in [1.29, 1.82) is 0 Å². The summed E-state index contributed by atoms with van der Waals surface area (Å²) in [5, 5.41) is 25.6. The molecule has 0 saturated carbocycles. The molecule has 0 unspecified atom stereocenters. The lowest BCUT2D eigenvalue weighted by molar-refractivity contribution is -0.135. The number of benzene rings is 1. The number of hydrogen-bond acceptors (Lipinski definition) is 9. The Kier molecular flexibility index (Phi) is 18.9. The third-order valence-corrected chi connectivity index (χ3v) is 5.96. The number of nitrogens with zero attached hydrogens (tertiary/aromatic N) is 3. The molecule has 0 aliphatic rings. The molecule has 0 aromatic heterocycles. The number of hydrogen-bond donors (Lipinski definition) is 7. The van der Waals surface area contributed by atoms with Gasteiger partial charge in [0.15, 0.2) is 0 Å². The normalized spacial score (nSPS) is 11.9. The van der Waals surface area contributed by atoms with Crippen molar-refractivity contribution in [2.24, 2.45) is 16.8 Å². The van der Waals surface area contributed by atoms with Crippen molar-refractivity contribution < 1.29 is 38.6 Å². The molecule has 0 saturated heterocycles. The molecule has 0 bridgehead atoms. The van der Waals surface area contributed by atoms with Gasteiger partial charge in [0.1, 0.15) is 25.3 Å². The maximum Gasteiger partial charge on any atom is 0.312 e. The Morgan fingerprint density at radius 3 is 2.27 bits per heavy atom. The molecule has 17 nitrogen and oxygen atoms in total. The molecular formula is C27H43N9O8. The molecule has 2 atom stereocenters. The first kappa shape index (κ1) is 37.6. The van der Waals surface area contributed by atoms with E-state index in [4.69, 9.17) is 20.7 Å². The van der Waals surface area contributed by atoms with Crippen molar-refractivity contribution in [3.63, 3.8) is 0 Å². The molecule has 1 rings (SSSR count). The second-order valence-electron chi connectivity index (χ2n) is 9.89. The minimum absolute atomic E-state index is 0.148. The second kappa shape index (κ2) is 22.1. The maximum atomic E-state index is 13.2. The monoisotopic (exact) mass is 621 g/mol. The van der Waals surface area contributed by atoms with Crippen molar-refractivity contribution in [1.82, 2.24) is 21.3 Å². The van der Waals surface area contributed by atoms with Gasteiger partial charge in [0.25, 0.3) is 0 Å². The van der Waals surface area contributed by atoms with Gasteiger partial charge in [-0.2, -0.15) is 0 Å². The van der Waals surface area contributed by atoms with Crippen molar-refractivity contribution in [3.05, 3.63) is 40.3 Å². The zero-order valence-corrected chi connectivity index (χ0v) is 25.0. The van der Waals surface area contributed by atoms with Gasteiger partial charge in [0.05, 0.1) is 19.8 Å². The van der Waals surface area contributed by atoms with Crippen LogP contribution in [0.15, 0.2) is 29.4 Å². The van der Waals surface area contributed by atoms with Crippen molar-refractivity contribution in [3.8, 4) is 0 Å². The average Bonchev–Trinajstić information content (AvgIpc) is 2.98. The molecule has 0 fully saturated rings. The van der Waals surface area contributed by atoms with Crippen LogP contribution in [0.2, 0.25) is 0 Å². The van der Waals surface area contributed by atoms with Gasteiger partial charge in [-0.15, -0.1) is 0 Å². The number of azide groups is 1. The van der Waals surface area contributed by atoms with Gasteiger partial charge in [-0.3, -0.25) is 19.2 Å². The number of aliphatic hydroxyl groups is 1. The molecule has 17 heteroatoms. The molecule has 1 aromatic rings. The van der Waals surface area contributed by atoms with Gasteiger partial charge < -0.3 is 46.9 Å². The first-order valence-corrected chi connectivity index (χ1v) is 14.1. The van der Waals surface area contributed by atoms with E-state index in [1.165, 1.54) is 0 Å². The quantitative estimate of drug-likeness (QED) is 0.0401. The molecule has 1 aromatic carbocycles. The maximum absolute atomic E-state index is 13.2. The zero-order chi connectivity index (χ0) is 32.7. The Bertz CT molecular complexity index is 1110. The van der Waals surface area contributed by atoms with E-state index >= 15 is 0 Å². The number of nitrogens with two attached hydrogens (primary N) is 1. The van der Waals surface area contributed by atoms with Crippen molar-refractivity contribution >= 4 is 35.3 Å². The summed E-state index contributed by atoms with van der Waals surface area (Å²) < 4.78 is 10.3. The van der Waals surface area contributed by atoms with Crippen molar-refractivity contribution in [2.45, 2.75) is 51.8 Å². The number of unbranched alkanes of at least 4 members (excludes halogenated alkanes) is 1. The van der Waals surface area contributed by atoms with Crippen LogP contribution in [0, 0.1) is 5.92 Å². The number of anilines is 1. The van der Waals surface area contributed by atoms with Gasteiger partial charge in [0.2, 0.25) is 23.6 Å². The molecule has 244 valence electrons. The molecule has 6 amide bonds. The molecule has 8 N–H and O–H groups in total. The molecule has 0 aliphatic carbocycles. The van der Waals surface area contributed by atoms with Crippen LogP contribution < -0.4 is 32.3 Å². The number of urea groups is 1. The SMILES string of the molecule is CC(C)[C@H](NC(=O)COCC(=O)NCCOCCN=[N+]=[N-])C(=O)N[C@@H](CCCCNC(N)=O)C(=O)Nc1ccc(CO)cc1. The van der Waals surface area contributed by atoms with E-state index in [2.05, 4.69) is 36.6 Å². The topological polar surface area (TPSA) is 259 Å². The Morgan fingerprint density at radius 1 is 0.932 bits per heavy atom. The van der Waals surface area contributed by atoms with Gasteiger partial charge >= 0.3 is 6.03 Å². The standard InChI is InChI=1S/C27H43N9O8/c1-18(2)24(35-23(39)17-44-16-22(38)30-11-13-43-14-12-32-36-29)26(41)34-21(5-3-4-10-31-27(28)42)25(40)33-20-8-6-19(15-37)7-9-20/h6-9,18,21,24,37H,3-5,10-17H2,1-2H3,(H,30,38)(H,33,40)(H,34,41)(H,35,39)(H3,28,31,42)/t21-,24-/m0/s1. The predicted molar refractivity (Wildman–Crippen MR) is 160 cm³/mol. The van der Waals surface area contributed by atoms with Gasteiger partial charge in [0, 0.05) is 30.2 Å². The molecule has 0 radical (unpaired) electrons. The fourth-order valence-corrected chi connectivity index (χ4v) is 3.69. The number of nitrogens with one attached hydrogen (secondary N) is 5. The van der Waals surface area contributed by atoms with Crippen LogP contribution in [-0.4, -0.2) is 92.9 Å². The van der Waals surface area contributed by atoms with Crippen LogP contribution in [0.4, 0.5) is 10.5 Å². The summed E-state index contributed by atoms with van der Waals surface area (Å²) in [6.45, 7) is 3.54. The molecule has 0 spiro atoms. The smallest absolute Gasteiger partial charge is 0.312 e. The lowest BCUT2D eigenvalue weighted by Gasteiger charge is -2.25. The average molecular weight is 622 g/mol. The van der Waals surface area contributed by atoms with Crippen LogP contribution >= 0.6 is 0 Å². The minimum atomic E-state index is -1.00. The third kappa shape index (κ3) is 16.9. The second-order valence-corrected chi connectivity index (χ2v) is 9.89.